The van der Waals surface area contributed by atoms with Crippen LogP contribution in [0.4, 0.5) is 39.5 Å². The number of hydrogen-bond donors (Lipinski definition) is 1. The molecule has 0 aliphatic carbocycles. The number of hydrogen-bond acceptors (Lipinski definition) is 8. The van der Waals surface area contributed by atoms with Crippen molar-refractivity contribution in [2.24, 2.45) is 0 Å². The van der Waals surface area contributed by atoms with Gasteiger partial charge in [0.25, 0.3) is 6.43 Å². The van der Waals surface area contributed by atoms with Crippen molar-refractivity contribution in [3.63, 3.8) is 0 Å². The third kappa shape index (κ3) is 4.91. The summed E-state index contributed by atoms with van der Waals surface area (Å²) in [7, 11) is 0. The summed E-state index contributed by atoms with van der Waals surface area (Å²) in [5.41, 5.74) is 5.05. The lowest BCUT2D eigenvalue weighted by molar-refractivity contribution is -0.0494. The number of anilines is 3. The molecular formula is C22H26F5N7O. The molecule has 0 aromatic carbocycles. The van der Waals surface area contributed by atoms with Crippen molar-refractivity contribution in [1.82, 2.24) is 19.9 Å². The van der Waals surface area contributed by atoms with Crippen LogP contribution in [0.25, 0.3) is 11.3 Å². The van der Waals surface area contributed by atoms with Crippen molar-refractivity contribution in [2.45, 2.75) is 50.6 Å². The van der Waals surface area contributed by atoms with Gasteiger partial charge in [0, 0.05) is 56.0 Å². The van der Waals surface area contributed by atoms with E-state index in [4.69, 9.17) is 10.7 Å². The highest BCUT2D eigenvalue weighted by Crippen LogP contribution is 2.37. The van der Waals surface area contributed by atoms with Crippen LogP contribution in [0.1, 0.15) is 19.8 Å². The minimum atomic E-state index is -3.07. The summed E-state index contributed by atoms with van der Waals surface area (Å²) in [6.07, 6.45) is 0.0624. The van der Waals surface area contributed by atoms with Gasteiger partial charge in [-0.15, -0.1) is 0 Å². The van der Waals surface area contributed by atoms with Crippen LogP contribution in [0.3, 0.4) is 0 Å². The van der Waals surface area contributed by atoms with Crippen LogP contribution in [-0.4, -0.2) is 83.4 Å². The number of aromatic nitrogens is 3. The van der Waals surface area contributed by atoms with Crippen LogP contribution >= 0.6 is 0 Å². The molecule has 3 saturated heterocycles. The maximum atomic E-state index is 14.6. The summed E-state index contributed by atoms with van der Waals surface area (Å²) >= 11 is 0. The monoisotopic (exact) mass is 499 g/mol. The highest BCUT2D eigenvalue weighted by Gasteiger charge is 2.45. The molecule has 3 fully saturated rings. The molecule has 5 heterocycles. The number of rotatable bonds is 7. The third-order valence-electron chi connectivity index (χ3n) is 6.82. The quantitative estimate of drug-likeness (QED) is 0.582. The lowest BCUT2D eigenvalue weighted by Crippen LogP contribution is -2.48. The van der Waals surface area contributed by atoms with Crippen molar-refractivity contribution in [3.05, 3.63) is 18.3 Å². The summed E-state index contributed by atoms with van der Waals surface area (Å²) in [6.45, 7) is -0.267. The van der Waals surface area contributed by atoms with Gasteiger partial charge in [0.2, 0.25) is 5.95 Å². The predicted octanol–water partition coefficient (Wildman–Crippen LogP) is 3.19. The van der Waals surface area contributed by atoms with Crippen molar-refractivity contribution < 1.29 is 26.7 Å². The average Bonchev–Trinajstić information content (AvgIpc) is 3.48. The van der Waals surface area contributed by atoms with E-state index < -0.39 is 18.7 Å². The molecule has 0 saturated carbocycles. The van der Waals surface area contributed by atoms with Gasteiger partial charge < -0.3 is 20.3 Å². The molecule has 8 nitrogen and oxygen atoms in total. The number of nitrogens with two attached hydrogens (primary N) is 1. The van der Waals surface area contributed by atoms with Crippen molar-refractivity contribution in [3.8, 4) is 17.0 Å². The molecule has 2 N–H and O–H groups in total. The Balaban J connectivity index is 1.49. The van der Waals surface area contributed by atoms with Crippen LogP contribution in [0.15, 0.2) is 18.3 Å². The van der Waals surface area contributed by atoms with E-state index in [9.17, 15) is 22.0 Å². The van der Waals surface area contributed by atoms with E-state index in [1.807, 2.05) is 4.90 Å². The Bertz CT molecular complexity index is 1090. The molecule has 0 amide bonds. The smallest absolute Gasteiger partial charge is 0.387 e. The first kappa shape index (κ1) is 23.8. The summed E-state index contributed by atoms with van der Waals surface area (Å²) < 4.78 is 70.5. The first-order chi connectivity index (χ1) is 16.6. The molecule has 2 aromatic heterocycles. The fourth-order valence-electron chi connectivity index (χ4n) is 5.17. The molecule has 35 heavy (non-hydrogen) atoms. The molecule has 2 aromatic rings. The second kappa shape index (κ2) is 8.92. The topological polar surface area (TPSA) is 83.6 Å². The van der Waals surface area contributed by atoms with Gasteiger partial charge >= 0.3 is 6.61 Å². The molecule has 0 spiro atoms. The number of halogens is 5. The normalized spacial score (nSPS) is 26.5. The first-order valence-corrected chi connectivity index (χ1v) is 11.4. The Kier molecular flexibility index (Phi) is 6.06. The van der Waals surface area contributed by atoms with Gasteiger partial charge in [-0.05, 0) is 19.4 Å². The van der Waals surface area contributed by atoms with E-state index in [-0.39, 0.29) is 36.7 Å². The Morgan fingerprint density at radius 2 is 1.97 bits per heavy atom. The Hall–Kier alpha value is -2.96. The number of piperazine rings is 1. The second-order valence-electron chi connectivity index (χ2n) is 9.52. The van der Waals surface area contributed by atoms with Crippen molar-refractivity contribution in [1.29, 1.82) is 0 Å². The average molecular weight is 499 g/mol. The fourth-order valence-corrected chi connectivity index (χ4v) is 5.17. The lowest BCUT2D eigenvalue weighted by Gasteiger charge is -2.35. The molecule has 3 aliphatic heterocycles. The molecular weight excluding hydrogens is 473 g/mol. The van der Waals surface area contributed by atoms with Gasteiger partial charge in [-0.1, -0.05) is 0 Å². The minimum Gasteiger partial charge on any atom is -0.431 e. The maximum Gasteiger partial charge on any atom is 0.387 e. The zero-order chi connectivity index (χ0) is 24.9. The third-order valence-corrected chi connectivity index (χ3v) is 6.82. The van der Waals surface area contributed by atoms with E-state index in [2.05, 4.69) is 14.7 Å². The minimum absolute atomic E-state index is 0.00152. The Morgan fingerprint density at radius 1 is 1.17 bits per heavy atom. The number of alkyl halides is 5. The van der Waals surface area contributed by atoms with E-state index in [0.717, 1.165) is 6.42 Å². The molecule has 13 heteroatoms. The number of pyridine rings is 1. The summed E-state index contributed by atoms with van der Waals surface area (Å²) in [6, 6.07) is 3.02. The van der Waals surface area contributed by atoms with Gasteiger partial charge in [0.05, 0.1) is 18.8 Å². The van der Waals surface area contributed by atoms with E-state index >= 15 is 0 Å². The summed E-state index contributed by atoms with van der Waals surface area (Å²) in [5.74, 6) is 0.404. The van der Waals surface area contributed by atoms with Gasteiger partial charge in [-0.2, -0.15) is 13.8 Å². The maximum absolute atomic E-state index is 14.6. The predicted molar refractivity (Wildman–Crippen MR) is 120 cm³/mol. The first-order valence-electron chi connectivity index (χ1n) is 11.4. The molecule has 5 rings (SSSR count). The number of fused-ring (bicyclic) bond motifs is 2. The number of nitrogens with zero attached hydrogens (tertiary/aromatic N) is 6. The standard InChI is InChI=1S/C22H26F5N7O/c1-22(27)2-3-32(11-22)21-30-15(12-4-16(35-20(25)26)19(28)29-7-12)6-18(31-21)34-9-13-5-14(34)8-33(13)10-17(23)24/h4,6-7,13-14,17,20H,2-3,5,8-11H2,1H3,(H2,28,29)/t13-,14-,22?/m0/s1. The summed E-state index contributed by atoms with van der Waals surface area (Å²) in [5, 5.41) is 0. The van der Waals surface area contributed by atoms with E-state index in [0.29, 0.717) is 49.1 Å². The van der Waals surface area contributed by atoms with Crippen molar-refractivity contribution >= 4 is 17.6 Å². The van der Waals surface area contributed by atoms with Crippen LogP contribution in [0, 0.1) is 0 Å². The Morgan fingerprint density at radius 3 is 2.60 bits per heavy atom. The van der Waals surface area contributed by atoms with Crippen LogP contribution in [0.5, 0.6) is 5.75 Å². The largest absolute Gasteiger partial charge is 0.431 e. The Labute approximate surface area is 198 Å². The van der Waals surface area contributed by atoms with Gasteiger partial charge in [-0.25, -0.2) is 23.1 Å². The SMILES string of the molecule is CC1(F)CCN(c2nc(-c3cnc(N)c(OC(F)F)c3)cc(N3C[C@@H]4C[C@H]3CN4CC(F)F)n2)C1. The number of likely N-dealkylation sites (tertiary alicyclic amines) is 1. The van der Waals surface area contributed by atoms with Crippen LogP contribution < -0.4 is 20.3 Å². The van der Waals surface area contributed by atoms with Crippen LogP contribution in [-0.2, 0) is 0 Å². The van der Waals surface area contributed by atoms with Crippen molar-refractivity contribution in [2.75, 3.05) is 48.3 Å². The highest BCUT2D eigenvalue weighted by molar-refractivity contribution is 5.68. The fraction of sp³-hybridized carbons (Fsp3) is 0.591. The van der Waals surface area contributed by atoms with Gasteiger partial charge in [-0.3, -0.25) is 4.90 Å². The number of nitrogen functional groups attached to an aromatic ring is 1. The van der Waals surface area contributed by atoms with E-state index in [1.165, 1.54) is 19.2 Å². The molecule has 3 aliphatic rings. The molecule has 190 valence electrons. The van der Waals surface area contributed by atoms with Gasteiger partial charge in [0.15, 0.2) is 11.6 Å². The highest BCUT2D eigenvalue weighted by atomic mass is 19.3. The molecule has 2 bridgehead atoms. The van der Waals surface area contributed by atoms with Crippen LogP contribution in [0.2, 0.25) is 0 Å². The summed E-state index contributed by atoms with van der Waals surface area (Å²) in [4.78, 5) is 18.8. The lowest BCUT2D eigenvalue weighted by atomic mass is 10.1. The molecule has 3 atom stereocenters. The number of ether oxygens (including phenoxy) is 1. The molecule has 1 unspecified atom stereocenters. The van der Waals surface area contributed by atoms with E-state index in [1.54, 1.807) is 15.9 Å². The van der Waals surface area contributed by atoms with Gasteiger partial charge in [0.1, 0.15) is 11.5 Å². The molecule has 0 radical (unpaired) electrons. The second-order valence-corrected chi connectivity index (χ2v) is 9.52. The zero-order valence-corrected chi connectivity index (χ0v) is 19.0. The zero-order valence-electron chi connectivity index (χ0n) is 19.0.